The zero-order valence-corrected chi connectivity index (χ0v) is 20.4. The van der Waals surface area contributed by atoms with Crippen molar-refractivity contribution < 1.29 is 17.9 Å². The van der Waals surface area contributed by atoms with Gasteiger partial charge >= 0.3 is 0 Å². The first-order valence-electron chi connectivity index (χ1n) is 10.6. The van der Waals surface area contributed by atoms with Crippen molar-refractivity contribution in [2.24, 2.45) is 0 Å². The normalized spacial score (nSPS) is 12.4. The van der Waals surface area contributed by atoms with Crippen molar-refractivity contribution in [2.45, 2.75) is 31.3 Å². The van der Waals surface area contributed by atoms with Crippen LogP contribution in [0.25, 0.3) is 0 Å². The lowest BCUT2D eigenvalue weighted by Gasteiger charge is -2.20. The molecular weight excluding hydrogens is 460 g/mol. The van der Waals surface area contributed by atoms with Crippen molar-refractivity contribution in [2.75, 3.05) is 13.7 Å². The highest BCUT2D eigenvalue weighted by atomic mass is 35.5. The molecule has 0 fully saturated rings. The monoisotopic (exact) mass is 486 g/mol. The van der Waals surface area contributed by atoms with Crippen LogP contribution in [0.15, 0.2) is 77.7 Å². The van der Waals surface area contributed by atoms with E-state index in [1.165, 1.54) is 35.6 Å². The third-order valence-electron chi connectivity index (χ3n) is 5.18. The average Bonchev–Trinajstić information content (AvgIpc) is 2.81. The van der Waals surface area contributed by atoms with Gasteiger partial charge in [0.25, 0.3) is 5.91 Å². The van der Waals surface area contributed by atoms with Crippen LogP contribution in [0, 0.1) is 0 Å². The number of carbonyl (C=O) groups excluding carboxylic acids is 1. The van der Waals surface area contributed by atoms with Gasteiger partial charge in [-0.2, -0.15) is 4.31 Å². The molecule has 3 aromatic carbocycles. The molecule has 0 aliphatic rings. The summed E-state index contributed by atoms with van der Waals surface area (Å²) in [6.07, 6.45) is 0. The summed E-state index contributed by atoms with van der Waals surface area (Å²) in [6.45, 7) is 4.21. The van der Waals surface area contributed by atoms with E-state index in [1.807, 2.05) is 44.2 Å². The van der Waals surface area contributed by atoms with Crippen molar-refractivity contribution in [3.05, 3.63) is 94.5 Å². The molecule has 0 aliphatic carbocycles. The number of benzene rings is 3. The molecule has 3 aromatic rings. The fourth-order valence-corrected chi connectivity index (χ4v) is 4.63. The Morgan fingerprint density at radius 1 is 1.06 bits per heavy atom. The Kier molecular flexibility index (Phi) is 8.13. The predicted molar refractivity (Wildman–Crippen MR) is 130 cm³/mol. The van der Waals surface area contributed by atoms with Crippen LogP contribution in [0.4, 0.5) is 0 Å². The number of amides is 1. The molecule has 6 nitrogen and oxygen atoms in total. The highest BCUT2D eigenvalue weighted by molar-refractivity contribution is 7.89. The van der Waals surface area contributed by atoms with Crippen LogP contribution in [0.2, 0.25) is 5.02 Å². The Morgan fingerprint density at radius 2 is 1.73 bits per heavy atom. The number of hydrogen-bond acceptors (Lipinski definition) is 4. The molecule has 1 amide bonds. The molecule has 0 bridgehead atoms. The number of ether oxygens (including phenoxy) is 1. The molecule has 1 N–H and O–H groups in total. The molecule has 0 spiro atoms. The molecule has 0 saturated carbocycles. The van der Waals surface area contributed by atoms with Gasteiger partial charge in [0.05, 0.1) is 17.5 Å². The Bertz CT molecular complexity index is 1200. The second-order valence-electron chi connectivity index (χ2n) is 7.58. The zero-order valence-electron chi connectivity index (χ0n) is 18.8. The molecule has 0 heterocycles. The SMILES string of the molecule is CCOc1ccc(C(=O)N[C@@H](C)c2ccccc2)cc1CN(C)S(=O)(=O)c1ccc(Cl)cc1. The van der Waals surface area contributed by atoms with E-state index in [1.54, 1.807) is 18.2 Å². The molecule has 0 aliphatic heterocycles. The first kappa shape index (κ1) is 24.8. The van der Waals surface area contributed by atoms with Crippen molar-refractivity contribution in [1.29, 1.82) is 0 Å². The first-order chi connectivity index (χ1) is 15.7. The number of rotatable bonds is 9. The van der Waals surface area contributed by atoms with Crippen LogP contribution in [0.3, 0.4) is 0 Å². The summed E-state index contributed by atoms with van der Waals surface area (Å²) in [4.78, 5) is 13.0. The van der Waals surface area contributed by atoms with Gasteiger partial charge in [-0.3, -0.25) is 4.79 Å². The van der Waals surface area contributed by atoms with Crippen molar-refractivity contribution in [3.63, 3.8) is 0 Å². The van der Waals surface area contributed by atoms with Gasteiger partial charge in [0.1, 0.15) is 5.75 Å². The van der Waals surface area contributed by atoms with Gasteiger partial charge in [-0.25, -0.2) is 8.42 Å². The third-order valence-corrected chi connectivity index (χ3v) is 7.25. The van der Waals surface area contributed by atoms with E-state index >= 15 is 0 Å². The number of carbonyl (C=O) groups is 1. The van der Waals surface area contributed by atoms with E-state index in [2.05, 4.69) is 5.32 Å². The quantitative estimate of drug-likeness (QED) is 0.459. The lowest BCUT2D eigenvalue weighted by Crippen LogP contribution is -2.28. The fraction of sp³-hybridized carbons (Fsp3) is 0.240. The maximum atomic E-state index is 13.0. The highest BCUT2D eigenvalue weighted by Gasteiger charge is 2.23. The maximum Gasteiger partial charge on any atom is 0.251 e. The molecular formula is C25H27ClN2O4S. The number of hydrogen-bond donors (Lipinski definition) is 1. The summed E-state index contributed by atoms with van der Waals surface area (Å²) < 4.78 is 32.9. The number of nitrogens with zero attached hydrogens (tertiary/aromatic N) is 1. The number of sulfonamides is 1. The Morgan fingerprint density at radius 3 is 2.36 bits per heavy atom. The average molecular weight is 487 g/mol. The maximum absolute atomic E-state index is 13.0. The topological polar surface area (TPSA) is 75.7 Å². The van der Waals surface area contributed by atoms with Crippen molar-refractivity contribution in [3.8, 4) is 5.75 Å². The molecule has 0 aromatic heterocycles. The molecule has 0 saturated heterocycles. The Labute approximate surface area is 200 Å². The summed E-state index contributed by atoms with van der Waals surface area (Å²) in [5.41, 5.74) is 2.01. The van der Waals surface area contributed by atoms with E-state index in [9.17, 15) is 13.2 Å². The van der Waals surface area contributed by atoms with Gasteiger partial charge in [-0.05, 0) is 61.9 Å². The van der Waals surface area contributed by atoms with Crippen molar-refractivity contribution in [1.82, 2.24) is 9.62 Å². The molecule has 33 heavy (non-hydrogen) atoms. The number of halogens is 1. The second kappa shape index (κ2) is 10.8. The van der Waals surface area contributed by atoms with Gasteiger partial charge in [-0.1, -0.05) is 41.9 Å². The lowest BCUT2D eigenvalue weighted by molar-refractivity contribution is 0.0939. The van der Waals surface area contributed by atoms with Crippen LogP contribution >= 0.6 is 11.6 Å². The molecule has 1 atom stereocenters. The Balaban J connectivity index is 1.83. The minimum atomic E-state index is -3.76. The summed E-state index contributed by atoms with van der Waals surface area (Å²) in [5, 5.41) is 3.44. The largest absolute Gasteiger partial charge is 0.494 e. The van der Waals surface area contributed by atoms with Gasteiger partial charge in [0.15, 0.2) is 0 Å². The Hall–Kier alpha value is -2.87. The van der Waals surface area contributed by atoms with Crippen LogP contribution in [-0.2, 0) is 16.6 Å². The molecule has 8 heteroatoms. The molecule has 0 radical (unpaired) electrons. The van der Waals surface area contributed by atoms with Gasteiger partial charge in [-0.15, -0.1) is 0 Å². The summed E-state index contributed by atoms with van der Waals surface area (Å²) in [5.74, 6) is 0.280. The fourth-order valence-electron chi connectivity index (χ4n) is 3.36. The minimum Gasteiger partial charge on any atom is -0.494 e. The van der Waals surface area contributed by atoms with Gasteiger partial charge in [0.2, 0.25) is 10.0 Å². The smallest absolute Gasteiger partial charge is 0.251 e. The van der Waals surface area contributed by atoms with Crippen LogP contribution < -0.4 is 10.1 Å². The second-order valence-corrected chi connectivity index (χ2v) is 10.1. The predicted octanol–water partition coefficient (Wildman–Crippen LogP) is 5.05. The van der Waals surface area contributed by atoms with E-state index < -0.39 is 10.0 Å². The van der Waals surface area contributed by atoms with Crippen molar-refractivity contribution >= 4 is 27.5 Å². The number of nitrogens with one attached hydrogen (secondary N) is 1. The van der Waals surface area contributed by atoms with Crippen LogP contribution in [-0.4, -0.2) is 32.3 Å². The molecule has 0 unspecified atom stereocenters. The molecule has 174 valence electrons. The summed E-state index contributed by atoms with van der Waals surface area (Å²) in [6, 6.07) is 20.5. The summed E-state index contributed by atoms with van der Waals surface area (Å²) in [7, 11) is -2.27. The van der Waals surface area contributed by atoms with E-state index in [4.69, 9.17) is 16.3 Å². The van der Waals surface area contributed by atoms with E-state index in [-0.39, 0.29) is 23.4 Å². The standard InChI is InChI=1S/C25H27ClN2O4S/c1-4-32-24-15-10-20(25(29)27-18(2)19-8-6-5-7-9-19)16-21(24)17-28(3)33(30,31)23-13-11-22(26)12-14-23/h5-16,18H,4,17H2,1-3H3,(H,27,29)/t18-/m0/s1. The minimum absolute atomic E-state index is 0.0374. The third kappa shape index (κ3) is 6.13. The van der Waals surface area contributed by atoms with Crippen LogP contribution in [0.5, 0.6) is 5.75 Å². The van der Waals surface area contributed by atoms with Gasteiger partial charge in [0, 0.05) is 29.7 Å². The molecule has 3 rings (SSSR count). The first-order valence-corrected chi connectivity index (χ1v) is 12.4. The highest BCUT2D eigenvalue weighted by Crippen LogP contribution is 2.25. The van der Waals surface area contributed by atoms with Gasteiger partial charge < -0.3 is 10.1 Å². The lowest BCUT2D eigenvalue weighted by atomic mass is 10.1. The van der Waals surface area contributed by atoms with E-state index in [0.29, 0.717) is 28.5 Å². The zero-order chi connectivity index (χ0) is 24.0. The van der Waals surface area contributed by atoms with Crippen LogP contribution in [0.1, 0.15) is 41.4 Å². The van der Waals surface area contributed by atoms with E-state index in [0.717, 1.165) is 5.56 Å². The summed E-state index contributed by atoms with van der Waals surface area (Å²) >= 11 is 5.89.